The number of benzene rings is 1. The molecule has 1 spiro atoms. The van der Waals surface area contributed by atoms with Crippen LogP contribution in [0.2, 0.25) is 5.02 Å². The minimum Gasteiger partial charge on any atom is -0.369 e. The molecular weight excluding hydrogens is 510 g/mol. The molecule has 1 aromatic carbocycles. The van der Waals surface area contributed by atoms with Gasteiger partial charge in [0.15, 0.2) is 17.2 Å². The smallest absolute Gasteiger partial charge is 0.271 e. The van der Waals surface area contributed by atoms with E-state index in [2.05, 4.69) is 25.1 Å². The Balaban J connectivity index is 1.28. The maximum absolute atomic E-state index is 14.5. The number of aromatic nitrogens is 2. The Kier molecular flexibility index (Phi) is 6.57. The highest BCUT2D eigenvalue weighted by Crippen LogP contribution is 2.42. The van der Waals surface area contributed by atoms with Gasteiger partial charge in [0.25, 0.3) is 6.43 Å². The highest BCUT2D eigenvalue weighted by atomic mass is 35.5. The quantitative estimate of drug-likeness (QED) is 0.457. The van der Waals surface area contributed by atoms with Crippen molar-refractivity contribution in [2.45, 2.75) is 25.4 Å². The fraction of sp³-hybridized carbons (Fsp3) is 0.346. The Labute approximate surface area is 216 Å². The summed E-state index contributed by atoms with van der Waals surface area (Å²) >= 11 is 6.03. The van der Waals surface area contributed by atoms with Crippen LogP contribution in [0.15, 0.2) is 55.0 Å². The number of rotatable bonds is 7. The van der Waals surface area contributed by atoms with E-state index in [0.717, 1.165) is 56.5 Å². The summed E-state index contributed by atoms with van der Waals surface area (Å²) < 4.78 is 56.4. The summed E-state index contributed by atoms with van der Waals surface area (Å²) in [5, 5.41) is 2.83. The summed E-state index contributed by atoms with van der Waals surface area (Å²) in [6.45, 7) is 5.26. The molecule has 3 aromatic rings. The number of pyridine rings is 2. The second-order valence-electron chi connectivity index (χ2n) is 9.83. The van der Waals surface area contributed by atoms with Gasteiger partial charge in [0, 0.05) is 57.5 Å². The summed E-state index contributed by atoms with van der Waals surface area (Å²) in [5.41, 5.74) is -0.879. The predicted octanol–water partition coefficient (Wildman–Crippen LogP) is 4.38. The molecule has 0 radical (unpaired) electrons. The van der Waals surface area contributed by atoms with E-state index >= 15 is 0 Å². The molecule has 2 aromatic heterocycles. The van der Waals surface area contributed by atoms with Crippen molar-refractivity contribution in [3.05, 3.63) is 88.5 Å². The lowest BCUT2D eigenvalue weighted by atomic mass is 9.72. The zero-order valence-electron chi connectivity index (χ0n) is 19.9. The van der Waals surface area contributed by atoms with Crippen molar-refractivity contribution >= 4 is 23.2 Å². The van der Waals surface area contributed by atoms with Gasteiger partial charge in [0.05, 0.1) is 22.6 Å². The highest BCUT2D eigenvalue weighted by molar-refractivity contribution is 6.30. The van der Waals surface area contributed by atoms with Gasteiger partial charge in [-0.2, -0.15) is 0 Å². The van der Waals surface area contributed by atoms with Crippen LogP contribution in [0, 0.1) is 17.0 Å². The second kappa shape index (κ2) is 9.57. The molecule has 37 heavy (non-hydrogen) atoms. The maximum Gasteiger partial charge on any atom is 0.271 e. The summed E-state index contributed by atoms with van der Waals surface area (Å²) in [6.07, 6.45) is 1.70. The van der Waals surface area contributed by atoms with Gasteiger partial charge in [0.1, 0.15) is 0 Å². The van der Waals surface area contributed by atoms with E-state index in [1.54, 1.807) is 18.5 Å². The lowest BCUT2D eigenvalue weighted by molar-refractivity contribution is -0.122. The number of anilines is 1. The van der Waals surface area contributed by atoms with Crippen LogP contribution in [0.4, 0.5) is 23.2 Å². The minimum absolute atomic E-state index is 0.169. The van der Waals surface area contributed by atoms with Gasteiger partial charge in [0.2, 0.25) is 5.91 Å². The van der Waals surface area contributed by atoms with Crippen molar-refractivity contribution in [2.75, 3.05) is 31.1 Å². The van der Waals surface area contributed by atoms with Crippen LogP contribution in [0.3, 0.4) is 0 Å². The van der Waals surface area contributed by atoms with E-state index in [1.807, 2.05) is 6.07 Å². The molecule has 0 aliphatic carbocycles. The number of halogens is 5. The number of carbonyl (C=O) groups is 1. The fourth-order valence-electron chi connectivity index (χ4n) is 5.34. The zero-order chi connectivity index (χ0) is 26.4. The molecule has 6 nitrogen and oxygen atoms in total. The maximum atomic E-state index is 14.5. The first-order chi connectivity index (χ1) is 17.6. The van der Waals surface area contributed by atoms with Crippen molar-refractivity contribution in [1.82, 2.24) is 20.2 Å². The number of nitrogens with one attached hydrogen (secondary N) is 1. The molecule has 0 unspecified atom stereocenters. The van der Waals surface area contributed by atoms with Gasteiger partial charge >= 0.3 is 0 Å². The molecule has 1 amide bonds. The van der Waals surface area contributed by atoms with Crippen molar-refractivity contribution in [3.63, 3.8) is 0 Å². The van der Waals surface area contributed by atoms with E-state index < -0.39 is 29.5 Å². The molecular formula is C26H24ClF4N5O. The van der Waals surface area contributed by atoms with Gasteiger partial charge < -0.3 is 10.2 Å². The molecule has 194 valence electrons. The SMILES string of the molecule is CC(=O)N[C@@](c1ccc(F)c(F)c1)(c1ccc(CN2CC3(C2)CN(c2cncc(Cl)c2)C3)cn1)C(F)F. The van der Waals surface area contributed by atoms with Crippen LogP contribution in [-0.2, 0) is 16.9 Å². The Morgan fingerprint density at radius 2 is 1.84 bits per heavy atom. The minimum atomic E-state index is -3.17. The van der Waals surface area contributed by atoms with Crippen LogP contribution in [0.1, 0.15) is 23.7 Å². The van der Waals surface area contributed by atoms with Gasteiger partial charge in [-0.25, -0.2) is 17.6 Å². The van der Waals surface area contributed by atoms with E-state index in [4.69, 9.17) is 11.6 Å². The largest absolute Gasteiger partial charge is 0.369 e. The van der Waals surface area contributed by atoms with Gasteiger partial charge in [-0.15, -0.1) is 0 Å². The Hall–Kier alpha value is -3.24. The molecule has 2 fully saturated rings. The Bertz CT molecular complexity index is 1310. The molecule has 2 saturated heterocycles. The lowest BCUT2D eigenvalue weighted by Gasteiger charge is -2.61. The van der Waals surface area contributed by atoms with Crippen LogP contribution >= 0.6 is 11.6 Å². The monoisotopic (exact) mass is 533 g/mol. The summed E-state index contributed by atoms with van der Waals surface area (Å²) in [7, 11) is 0. The van der Waals surface area contributed by atoms with Gasteiger partial charge in [-0.1, -0.05) is 23.7 Å². The van der Waals surface area contributed by atoms with Crippen molar-refractivity contribution in [3.8, 4) is 0 Å². The molecule has 1 atom stereocenters. The van der Waals surface area contributed by atoms with Gasteiger partial charge in [-0.3, -0.25) is 19.7 Å². The first-order valence-electron chi connectivity index (χ1n) is 11.7. The molecule has 0 saturated carbocycles. The average molecular weight is 534 g/mol. The van der Waals surface area contributed by atoms with E-state index in [9.17, 15) is 22.4 Å². The van der Waals surface area contributed by atoms with Crippen molar-refractivity contribution in [2.24, 2.45) is 5.41 Å². The van der Waals surface area contributed by atoms with Crippen molar-refractivity contribution in [1.29, 1.82) is 0 Å². The van der Waals surface area contributed by atoms with Crippen LogP contribution in [-0.4, -0.2) is 53.4 Å². The zero-order valence-corrected chi connectivity index (χ0v) is 20.7. The van der Waals surface area contributed by atoms with Crippen LogP contribution < -0.4 is 10.2 Å². The molecule has 11 heteroatoms. The lowest BCUT2D eigenvalue weighted by Crippen LogP contribution is -2.71. The summed E-state index contributed by atoms with van der Waals surface area (Å²) in [5.74, 6) is -3.23. The number of carbonyl (C=O) groups excluding carboxylic acids is 1. The van der Waals surface area contributed by atoms with Crippen LogP contribution in [0.25, 0.3) is 0 Å². The topological polar surface area (TPSA) is 61.4 Å². The number of hydrogen-bond acceptors (Lipinski definition) is 5. The first kappa shape index (κ1) is 25.4. The van der Waals surface area contributed by atoms with Crippen molar-refractivity contribution < 1.29 is 22.4 Å². The number of hydrogen-bond donors (Lipinski definition) is 1. The number of nitrogens with zero attached hydrogens (tertiary/aromatic N) is 4. The third-order valence-electron chi connectivity index (χ3n) is 6.94. The standard InChI is InChI=1S/C26H24ClF4N5O/c1-16(37)34-26(24(30)31,18-3-4-21(28)22(29)6-18)23-5-2-17(8-33-23)11-35-12-25(13-35)14-36(15-25)20-7-19(27)9-32-10-20/h2-10,24H,11-15H2,1H3,(H,34,37)/t26-/m0/s1. The van der Waals surface area contributed by atoms with E-state index in [-0.39, 0.29) is 16.7 Å². The second-order valence-corrected chi connectivity index (χ2v) is 10.3. The molecule has 0 bridgehead atoms. The highest BCUT2D eigenvalue weighted by Gasteiger charge is 2.51. The molecule has 4 heterocycles. The predicted molar refractivity (Wildman–Crippen MR) is 130 cm³/mol. The molecule has 2 aliphatic heterocycles. The Morgan fingerprint density at radius 1 is 1.08 bits per heavy atom. The Morgan fingerprint density at radius 3 is 2.43 bits per heavy atom. The third-order valence-corrected chi connectivity index (χ3v) is 7.14. The molecule has 2 aliphatic rings. The van der Waals surface area contributed by atoms with Crippen LogP contribution in [0.5, 0.6) is 0 Å². The molecule has 1 N–H and O–H groups in total. The fourth-order valence-corrected chi connectivity index (χ4v) is 5.51. The first-order valence-corrected chi connectivity index (χ1v) is 12.0. The summed E-state index contributed by atoms with van der Waals surface area (Å²) in [4.78, 5) is 24.7. The summed E-state index contributed by atoms with van der Waals surface area (Å²) in [6, 6.07) is 7.39. The van der Waals surface area contributed by atoms with E-state index in [1.165, 1.54) is 12.3 Å². The number of alkyl halides is 2. The van der Waals surface area contributed by atoms with Gasteiger partial charge in [-0.05, 0) is 35.4 Å². The number of amides is 1. The normalized spacial score (nSPS) is 18.3. The molecule has 5 rings (SSSR count). The average Bonchev–Trinajstić information content (AvgIpc) is 2.80. The number of likely N-dealkylation sites (tertiary alicyclic amines) is 1. The van der Waals surface area contributed by atoms with E-state index in [0.29, 0.717) is 17.6 Å². The third kappa shape index (κ3) is 4.75.